The summed E-state index contributed by atoms with van der Waals surface area (Å²) in [6, 6.07) is -0.958. The van der Waals surface area contributed by atoms with E-state index in [4.69, 9.17) is 16.3 Å². The van der Waals surface area contributed by atoms with Gasteiger partial charge in [-0.25, -0.2) is 9.78 Å². The Bertz CT molecular complexity index is 1290. The number of amides is 2. The Morgan fingerprint density at radius 1 is 1.42 bits per heavy atom. The van der Waals surface area contributed by atoms with E-state index in [1.165, 1.54) is 29.2 Å². The van der Waals surface area contributed by atoms with Crippen LogP contribution in [0.15, 0.2) is 28.0 Å². The molecule has 2 aliphatic heterocycles. The molecule has 1 fully saturated rings. The Labute approximate surface area is 213 Å². The lowest BCUT2D eigenvalue weighted by molar-refractivity contribution is -0.767. The molecule has 2 aliphatic rings. The number of aromatic nitrogens is 3. The quantitative estimate of drug-likeness (QED) is 0.108. The average molecular weight is 538 g/mol. The van der Waals surface area contributed by atoms with Crippen molar-refractivity contribution >= 4 is 57.5 Å². The number of carbonyl (C=O) groups excluding carboxylic acids is 2. The first-order chi connectivity index (χ1) is 17.2. The zero-order chi connectivity index (χ0) is 26.1. The predicted octanol–water partition coefficient (Wildman–Crippen LogP) is -1.51. The summed E-state index contributed by atoms with van der Waals surface area (Å²) in [5, 5.41) is 26.8. The maximum absolute atomic E-state index is 13.0. The van der Waals surface area contributed by atoms with Gasteiger partial charge in [0.25, 0.3) is 11.8 Å². The SMILES string of the molecule is CON=C(C(=O)N[C@@H]1C(=O)N2C(C(=O)O)=C(C[n+]3cc(C)c(N)n3CCO)CS[C@H]12)c1csc(N)n1. The number of hydrogen-bond donors (Lipinski definition) is 5. The van der Waals surface area contributed by atoms with Gasteiger partial charge >= 0.3 is 5.97 Å². The van der Waals surface area contributed by atoms with Gasteiger partial charge in [-0.2, -0.15) is 0 Å². The number of nitrogen functional groups attached to an aromatic ring is 2. The number of aliphatic hydroxyl groups is 1. The summed E-state index contributed by atoms with van der Waals surface area (Å²) in [4.78, 5) is 48.1. The number of aliphatic hydroxyl groups excluding tert-OH is 1. The van der Waals surface area contributed by atoms with Gasteiger partial charge in [0.15, 0.2) is 23.2 Å². The Balaban J connectivity index is 1.56. The maximum atomic E-state index is 13.0. The topological polar surface area (TPSA) is 202 Å². The van der Waals surface area contributed by atoms with Crippen molar-refractivity contribution in [2.45, 2.75) is 31.4 Å². The zero-order valence-electron chi connectivity index (χ0n) is 19.4. The van der Waals surface area contributed by atoms with Gasteiger partial charge < -0.3 is 31.8 Å². The van der Waals surface area contributed by atoms with Gasteiger partial charge in [-0.1, -0.05) is 5.16 Å². The first-order valence-electron chi connectivity index (χ1n) is 10.7. The normalized spacial score (nSPS) is 19.7. The number of aryl methyl sites for hydroxylation is 1. The minimum atomic E-state index is -1.25. The zero-order valence-corrected chi connectivity index (χ0v) is 21.0. The second-order valence-electron chi connectivity index (χ2n) is 7.95. The molecule has 2 amide bonds. The van der Waals surface area contributed by atoms with Crippen LogP contribution in [0.3, 0.4) is 0 Å². The fourth-order valence-electron chi connectivity index (χ4n) is 4.08. The van der Waals surface area contributed by atoms with E-state index in [0.29, 0.717) is 17.1 Å². The van der Waals surface area contributed by atoms with Crippen molar-refractivity contribution in [2.75, 3.05) is 30.9 Å². The van der Waals surface area contributed by atoms with Crippen molar-refractivity contribution < 1.29 is 34.1 Å². The van der Waals surface area contributed by atoms with E-state index in [1.54, 1.807) is 15.6 Å². The van der Waals surface area contributed by atoms with E-state index in [9.17, 15) is 24.6 Å². The predicted molar refractivity (Wildman–Crippen MR) is 131 cm³/mol. The molecule has 14 nitrogen and oxygen atoms in total. The van der Waals surface area contributed by atoms with E-state index in [-0.39, 0.29) is 41.9 Å². The number of rotatable bonds is 9. The average Bonchev–Trinajstić information content (AvgIpc) is 3.38. The molecule has 7 N–H and O–H groups in total. The number of nitrogens with two attached hydrogens (primary N) is 2. The summed E-state index contributed by atoms with van der Waals surface area (Å²) in [5.74, 6) is -1.74. The Morgan fingerprint density at radius 2 is 2.17 bits per heavy atom. The van der Waals surface area contributed by atoms with E-state index in [2.05, 4.69) is 15.5 Å². The number of thiazole rings is 1. The summed E-state index contributed by atoms with van der Waals surface area (Å²) in [7, 11) is 1.27. The summed E-state index contributed by atoms with van der Waals surface area (Å²) >= 11 is 2.45. The highest BCUT2D eigenvalue weighted by atomic mass is 32.2. The molecule has 0 bridgehead atoms. The minimum Gasteiger partial charge on any atom is -0.477 e. The molecule has 4 heterocycles. The van der Waals surface area contributed by atoms with Crippen molar-refractivity contribution in [3.63, 3.8) is 0 Å². The highest BCUT2D eigenvalue weighted by molar-refractivity contribution is 8.00. The Hall–Kier alpha value is -3.63. The van der Waals surface area contributed by atoms with Gasteiger partial charge in [0.1, 0.15) is 36.5 Å². The Morgan fingerprint density at radius 3 is 2.78 bits per heavy atom. The van der Waals surface area contributed by atoms with Gasteiger partial charge in [-0.15, -0.1) is 32.5 Å². The lowest BCUT2D eigenvalue weighted by Crippen LogP contribution is -2.71. The fourth-order valence-corrected chi connectivity index (χ4v) is 5.96. The molecule has 2 aromatic heterocycles. The number of fused-ring (bicyclic) bond motifs is 1. The highest BCUT2D eigenvalue weighted by Gasteiger charge is 2.55. The molecule has 2 atom stereocenters. The molecule has 2 aromatic rings. The number of carboxylic acids is 1. The van der Waals surface area contributed by atoms with E-state index in [0.717, 1.165) is 16.9 Å². The molecule has 1 saturated heterocycles. The van der Waals surface area contributed by atoms with Crippen LogP contribution in [0, 0.1) is 6.92 Å². The number of carbonyl (C=O) groups is 3. The number of aliphatic carboxylic acids is 1. The number of hydrogen-bond acceptors (Lipinski definition) is 11. The summed E-state index contributed by atoms with van der Waals surface area (Å²) in [6.45, 7) is 2.06. The van der Waals surface area contributed by atoms with Crippen LogP contribution in [-0.4, -0.2) is 79.2 Å². The van der Waals surface area contributed by atoms with Crippen molar-refractivity contribution in [1.82, 2.24) is 19.9 Å². The maximum Gasteiger partial charge on any atom is 0.352 e. The van der Waals surface area contributed by atoms with Crippen LogP contribution in [0.1, 0.15) is 11.3 Å². The molecular formula is C20H25N8O6S2+. The van der Waals surface area contributed by atoms with Gasteiger partial charge in [0, 0.05) is 16.7 Å². The summed E-state index contributed by atoms with van der Waals surface area (Å²) in [6.07, 6.45) is 1.76. The smallest absolute Gasteiger partial charge is 0.352 e. The molecule has 0 aliphatic carbocycles. The van der Waals surface area contributed by atoms with Crippen LogP contribution < -0.4 is 21.5 Å². The largest absolute Gasteiger partial charge is 0.477 e. The molecule has 192 valence electrons. The van der Waals surface area contributed by atoms with Crippen molar-refractivity contribution in [3.05, 3.63) is 34.1 Å². The third-order valence-electron chi connectivity index (χ3n) is 5.70. The first kappa shape index (κ1) is 25.5. The van der Waals surface area contributed by atoms with Crippen LogP contribution in [0.25, 0.3) is 0 Å². The molecule has 16 heteroatoms. The molecule has 0 radical (unpaired) electrons. The number of nitrogens with one attached hydrogen (secondary N) is 1. The minimum absolute atomic E-state index is 0.132. The molecule has 0 aromatic carbocycles. The lowest BCUT2D eigenvalue weighted by atomic mass is 10.0. The number of nitrogens with zero attached hydrogens (tertiary/aromatic N) is 5. The first-order valence-corrected chi connectivity index (χ1v) is 12.6. The van der Waals surface area contributed by atoms with E-state index >= 15 is 0 Å². The molecule has 0 unspecified atom stereocenters. The number of anilines is 2. The van der Waals surface area contributed by atoms with Crippen LogP contribution in [0.4, 0.5) is 10.9 Å². The number of oxime groups is 1. The van der Waals surface area contributed by atoms with Crippen molar-refractivity contribution in [1.29, 1.82) is 0 Å². The van der Waals surface area contributed by atoms with Gasteiger partial charge in [0.2, 0.25) is 6.20 Å². The van der Waals surface area contributed by atoms with Crippen molar-refractivity contribution in [3.8, 4) is 0 Å². The lowest BCUT2D eigenvalue weighted by Gasteiger charge is -2.49. The molecule has 36 heavy (non-hydrogen) atoms. The third kappa shape index (κ3) is 4.49. The van der Waals surface area contributed by atoms with Crippen LogP contribution in [0.5, 0.6) is 0 Å². The van der Waals surface area contributed by atoms with Crippen LogP contribution >= 0.6 is 23.1 Å². The second kappa shape index (κ2) is 10.2. The van der Waals surface area contributed by atoms with Crippen LogP contribution in [0.2, 0.25) is 0 Å². The molecule has 4 rings (SSSR count). The fraction of sp³-hybridized carbons (Fsp3) is 0.400. The third-order valence-corrected chi connectivity index (χ3v) is 7.71. The van der Waals surface area contributed by atoms with E-state index in [1.807, 2.05) is 6.92 Å². The van der Waals surface area contributed by atoms with Gasteiger partial charge in [0.05, 0.1) is 12.2 Å². The monoisotopic (exact) mass is 537 g/mol. The van der Waals surface area contributed by atoms with Crippen LogP contribution in [-0.2, 0) is 32.3 Å². The molecular weight excluding hydrogens is 512 g/mol. The molecule has 0 spiro atoms. The molecule has 0 saturated carbocycles. The second-order valence-corrected chi connectivity index (χ2v) is 9.95. The number of carboxylic acid groups (broad SMARTS) is 1. The number of thioether (sulfide) groups is 1. The summed E-state index contributed by atoms with van der Waals surface area (Å²) < 4.78 is 3.37. The van der Waals surface area contributed by atoms with Crippen molar-refractivity contribution in [2.24, 2.45) is 5.16 Å². The standard InChI is InChI=1S/C20H24N8O6S2/c1-9-5-26(27(3-4-29)15(9)21)6-10-7-35-18-13(17(31)28(18)14(10)19(32)33)24-16(30)12(25-34-2)11-8-36-20(22)23-11/h5,8,13,18,21,29H,3-4,6-7H2,1-2H3,(H4,22,23,24,30,32,33)/p+1/t13-,18-/m1/s1. The van der Waals surface area contributed by atoms with Gasteiger partial charge in [-0.3, -0.25) is 14.5 Å². The number of β-lactam (4-membered cyclic amide) rings is 1. The summed E-state index contributed by atoms with van der Waals surface area (Å²) in [5.41, 5.74) is 12.9. The van der Waals surface area contributed by atoms with E-state index < -0.39 is 29.2 Å². The Kier molecular flexibility index (Phi) is 7.18. The highest BCUT2D eigenvalue weighted by Crippen LogP contribution is 2.40. The van der Waals surface area contributed by atoms with Gasteiger partial charge in [-0.05, 0) is 6.92 Å².